The molecule has 7 rings (SSSR count). The fourth-order valence-corrected chi connectivity index (χ4v) is 6.52. The van der Waals surface area contributed by atoms with Crippen LogP contribution in [0.3, 0.4) is 0 Å². The monoisotopic (exact) mass is 573 g/mol. The van der Waals surface area contributed by atoms with Crippen molar-refractivity contribution in [1.29, 1.82) is 0 Å². The van der Waals surface area contributed by atoms with Gasteiger partial charge in [-0.05, 0) is 74.1 Å². The summed E-state index contributed by atoms with van der Waals surface area (Å²) < 4.78 is 31.2. The second kappa shape index (κ2) is 11.5. The summed E-state index contributed by atoms with van der Waals surface area (Å²) in [4.78, 5) is 36.0. The minimum atomic E-state index is -0.663. The highest BCUT2D eigenvalue weighted by Gasteiger charge is 2.41. The molecular formula is C31H33F2N7O2. The highest BCUT2D eigenvalue weighted by Crippen LogP contribution is 2.46. The third kappa shape index (κ3) is 5.43. The van der Waals surface area contributed by atoms with E-state index in [9.17, 15) is 18.4 Å². The zero-order valence-electron chi connectivity index (χ0n) is 23.5. The van der Waals surface area contributed by atoms with Crippen molar-refractivity contribution in [2.45, 2.75) is 58.2 Å². The van der Waals surface area contributed by atoms with Crippen LogP contribution in [0, 0.1) is 29.4 Å². The number of benzene rings is 1. The van der Waals surface area contributed by atoms with E-state index in [2.05, 4.69) is 37.8 Å². The SMILES string of the molecule is C[C@H](NC=O)C(=O)Nc1ccc(Cn2cc(-c3ncc(F)c(N[C@H]4C5CCC(CC5)[C@@H]4C)n3)c3cc(F)cnc32)cc1. The van der Waals surface area contributed by atoms with E-state index >= 15 is 0 Å². The van der Waals surface area contributed by atoms with Gasteiger partial charge in [0.25, 0.3) is 0 Å². The standard InChI is InChI=1S/C31H33F2N7O2/c1-17-20-5-7-21(8-6-20)27(17)38-29-26(33)13-34-28(39-29)25-15-40(30-24(25)11-22(32)12-35-30)14-19-3-9-23(10-4-19)37-31(42)18(2)36-16-41/h3-4,9-13,15-18,20-21,27H,5-8,14H2,1-2H3,(H,36,41)(H,37,42)(H,34,38,39)/t17-,18-,20?,21?,27+/m0/s1. The maximum absolute atomic E-state index is 15.0. The van der Waals surface area contributed by atoms with E-state index in [0.717, 1.165) is 24.6 Å². The highest BCUT2D eigenvalue weighted by atomic mass is 19.1. The predicted octanol–water partition coefficient (Wildman–Crippen LogP) is 5.13. The third-order valence-electron chi connectivity index (χ3n) is 8.89. The van der Waals surface area contributed by atoms with E-state index < -0.39 is 17.7 Å². The number of halogens is 2. The lowest BCUT2D eigenvalue weighted by Gasteiger charge is -2.47. The highest BCUT2D eigenvalue weighted by molar-refractivity contribution is 5.95. The summed E-state index contributed by atoms with van der Waals surface area (Å²) in [6, 6.07) is 8.14. The van der Waals surface area contributed by atoms with Gasteiger partial charge in [-0.3, -0.25) is 9.59 Å². The first kappa shape index (κ1) is 27.7. The summed E-state index contributed by atoms with van der Waals surface area (Å²) >= 11 is 0. The molecule has 3 aromatic heterocycles. The lowest BCUT2D eigenvalue weighted by molar-refractivity contribution is -0.120. The summed E-state index contributed by atoms with van der Waals surface area (Å²) in [5.74, 6) is 0.713. The van der Waals surface area contributed by atoms with Crippen molar-refractivity contribution in [3.05, 3.63) is 66.1 Å². The van der Waals surface area contributed by atoms with Gasteiger partial charge in [-0.1, -0.05) is 19.1 Å². The molecule has 3 aliphatic carbocycles. The van der Waals surface area contributed by atoms with Crippen LogP contribution >= 0.6 is 0 Å². The second-order valence-electron chi connectivity index (χ2n) is 11.5. The molecular weight excluding hydrogens is 540 g/mol. The molecule has 2 amide bonds. The summed E-state index contributed by atoms with van der Waals surface area (Å²) in [6.45, 7) is 4.23. The first-order valence-corrected chi connectivity index (χ1v) is 14.3. The van der Waals surface area contributed by atoms with Crippen molar-refractivity contribution in [1.82, 2.24) is 24.8 Å². The molecule has 42 heavy (non-hydrogen) atoms. The topological polar surface area (TPSA) is 114 Å². The Hall–Kier alpha value is -4.41. The molecule has 0 radical (unpaired) electrons. The second-order valence-corrected chi connectivity index (χ2v) is 11.5. The normalized spacial score (nSPS) is 22.1. The van der Waals surface area contributed by atoms with Gasteiger partial charge in [-0.2, -0.15) is 0 Å². The largest absolute Gasteiger partial charge is 0.364 e. The Bertz CT molecular complexity index is 1610. The number of pyridine rings is 1. The molecule has 4 aromatic rings. The number of nitrogens with one attached hydrogen (secondary N) is 3. The van der Waals surface area contributed by atoms with Gasteiger partial charge in [0.05, 0.1) is 12.4 Å². The molecule has 3 N–H and O–H groups in total. The van der Waals surface area contributed by atoms with Crippen LogP contribution < -0.4 is 16.0 Å². The molecule has 1 aromatic carbocycles. The van der Waals surface area contributed by atoms with Crippen molar-refractivity contribution in [3.63, 3.8) is 0 Å². The van der Waals surface area contributed by atoms with E-state index in [0.29, 0.717) is 58.8 Å². The number of hydrogen-bond acceptors (Lipinski definition) is 6. The molecule has 0 spiro atoms. The summed E-state index contributed by atoms with van der Waals surface area (Å²) in [7, 11) is 0. The molecule has 0 aliphatic heterocycles. The lowest BCUT2D eigenvalue weighted by atomic mass is 9.62. The number of hydrogen-bond donors (Lipinski definition) is 3. The summed E-state index contributed by atoms with van der Waals surface area (Å²) in [5.41, 5.74) is 2.59. The van der Waals surface area contributed by atoms with E-state index in [1.807, 2.05) is 22.9 Å². The molecule has 3 atom stereocenters. The van der Waals surface area contributed by atoms with Crippen LogP contribution in [0.4, 0.5) is 20.3 Å². The number of nitrogens with zero attached hydrogens (tertiary/aromatic N) is 4. The molecule has 0 unspecified atom stereocenters. The van der Waals surface area contributed by atoms with Gasteiger partial charge in [-0.25, -0.2) is 23.7 Å². The number of carbonyl (C=O) groups is 2. The Kier molecular flexibility index (Phi) is 7.57. The maximum Gasteiger partial charge on any atom is 0.246 e. The van der Waals surface area contributed by atoms with Gasteiger partial charge >= 0.3 is 0 Å². The van der Waals surface area contributed by atoms with E-state index in [-0.39, 0.29) is 17.8 Å². The minimum Gasteiger partial charge on any atom is -0.364 e. The number of carbonyl (C=O) groups excluding carboxylic acids is 2. The van der Waals surface area contributed by atoms with Gasteiger partial charge in [0.15, 0.2) is 17.5 Å². The van der Waals surface area contributed by atoms with Crippen LogP contribution in [-0.4, -0.2) is 43.9 Å². The van der Waals surface area contributed by atoms with Gasteiger partial charge in [0.1, 0.15) is 17.5 Å². The van der Waals surface area contributed by atoms with Crippen LogP contribution in [0.1, 0.15) is 45.1 Å². The number of fused-ring (bicyclic) bond motifs is 4. The Labute approximate surface area is 242 Å². The fourth-order valence-electron chi connectivity index (χ4n) is 6.52. The Morgan fingerprint density at radius 2 is 1.83 bits per heavy atom. The molecule has 0 saturated heterocycles. The molecule has 2 bridgehead atoms. The summed E-state index contributed by atoms with van der Waals surface area (Å²) in [6.07, 6.45) is 9.38. The lowest BCUT2D eigenvalue weighted by Crippen LogP contribution is -2.47. The zero-order chi connectivity index (χ0) is 29.4. The van der Waals surface area contributed by atoms with E-state index in [4.69, 9.17) is 0 Å². The molecule has 3 heterocycles. The molecule has 3 aliphatic rings. The minimum absolute atomic E-state index is 0.160. The fraction of sp³-hybridized carbons (Fsp3) is 0.387. The van der Waals surface area contributed by atoms with Crippen LogP contribution in [0.15, 0.2) is 48.9 Å². The number of anilines is 2. The van der Waals surface area contributed by atoms with Crippen LogP contribution in [-0.2, 0) is 16.1 Å². The maximum atomic E-state index is 15.0. The van der Waals surface area contributed by atoms with E-state index in [1.165, 1.54) is 25.1 Å². The molecule has 9 nitrogen and oxygen atoms in total. The van der Waals surface area contributed by atoms with Crippen molar-refractivity contribution < 1.29 is 18.4 Å². The first-order valence-electron chi connectivity index (χ1n) is 14.3. The molecule has 218 valence electrons. The quantitative estimate of drug-likeness (QED) is 0.239. The van der Waals surface area contributed by atoms with Crippen molar-refractivity contribution in [3.8, 4) is 11.4 Å². The number of aromatic nitrogens is 4. The van der Waals surface area contributed by atoms with Gasteiger partial charge < -0.3 is 20.5 Å². The van der Waals surface area contributed by atoms with Crippen LogP contribution in [0.2, 0.25) is 0 Å². The zero-order valence-corrected chi connectivity index (χ0v) is 23.5. The number of rotatable bonds is 9. The van der Waals surface area contributed by atoms with Gasteiger partial charge in [0, 0.05) is 35.4 Å². The van der Waals surface area contributed by atoms with Crippen molar-refractivity contribution >= 4 is 34.9 Å². The average molecular weight is 574 g/mol. The van der Waals surface area contributed by atoms with Crippen LogP contribution in [0.25, 0.3) is 22.4 Å². The Morgan fingerprint density at radius 3 is 2.55 bits per heavy atom. The number of amides is 2. The molecule has 11 heteroatoms. The van der Waals surface area contributed by atoms with Gasteiger partial charge in [0.2, 0.25) is 12.3 Å². The first-order chi connectivity index (χ1) is 20.3. The van der Waals surface area contributed by atoms with Crippen molar-refractivity contribution in [2.24, 2.45) is 17.8 Å². The predicted molar refractivity (Wildman–Crippen MR) is 156 cm³/mol. The van der Waals surface area contributed by atoms with Crippen LogP contribution in [0.5, 0.6) is 0 Å². The van der Waals surface area contributed by atoms with Crippen molar-refractivity contribution in [2.75, 3.05) is 10.6 Å². The van der Waals surface area contributed by atoms with Gasteiger partial charge in [-0.15, -0.1) is 0 Å². The molecule has 3 saturated carbocycles. The molecule has 3 fully saturated rings. The Morgan fingerprint density at radius 1 is 1.10 bits per heavy atom. The summed E-state index contributed by atoms with van der Waals surface area (Å²) in [5, 5.41) is 9.10. The Balaban J connectivity index is 1.27. The van der Waals surface area contributed by atoms with E-state index in [1.54, 1.807) is 19.1 Å². The third-order valence-corrected chi connectivity index (χ3v) is 8.89. The smallest absolute Gasteiger partial charge is 0.246 e. The average Bonchev–Trinajstić information content (AvgIpc) is 3.34.